The van der Waals surface area contributed by atoms with Crippen molar-refractivity contribution in [1.29, 1.82) is 0 Å². The Labute approximate surface area is 538 Å². The van der Waals surface area contributed by atoms with Gasteiger partial charge in [0.15, 0.2) is 19.7 Å². The van der Waals surface area contributed by atoms with Crippen molar-refractivity contribution in [2.75, 3.05) is 27.4 Å². The van der Waals surface area contributed by atoms with Gasteiger partial charge in [0, 0.05) is 75.1 Å². The molecule has 8 aromatic carbocycles. The van der Waals surface area contributed by atoms with Gasteiger partial charge in [-0.1, -0.05) is 116 Å². The van der Waals surface area contributed by atoms with E-state index in [0.717, 1.165) is 27.6 Å². The molecule has 4 heterocycles. The number of fused-ring (bicyclic) bond motifs is 4. The Morgan fingerprint density at radius 2 is 0.908 bits per heavy atom. The second kappa shape index (κ2) is 31.7. The predicted octanol–water partition coefficient (Wildman–Crippen LogP) is 19.8. The molecule has 0 saturated heterocycles. The Balaban J connectivity index is 0.000000239. The lowest BCUT2D eigenvalue weighted by atomic mass is 10.0. The molecule has 2 aliphatic heterocycles. The fourth-order valence-electron chi connectivity index (χ4n) is 8.05. The Kier molecular flexibility index (Phi) is 26.4. The summed E-state index contributed by atoms with van der Waals surface area (Å²) in [5.41, 5.74) is 8.85. The molecule has 3 amide bonds. The van der Waals surface area contributed by atoms with E-state index < -0.39 is 54.8 Å². The van der Waals surface area contributed by atoms with E-state index in [9.17, 15) is 48.8 Å². The molecule has 2 aromatic heterocycles. The molecule has 0 saturated carbocycles. The quantitative estimate of drug-likeness (QED) is 0.0937. The molecule has 0 aliphatic carbocycles. The third-order valence-corrected chi connectivity index (χ3v) is 18.9. The fourth-order valence-corrected chi connectivity index (χ4v) is 13.8. The van der Waals surface area contributed by atoms with Crippen LogP contribution in [0.25, 0.3) is 26.2 Å². The minimum absolute atomic E-state index is 0. The normalized spacial score (nSPS) is 12.2. The SMILES string of the molecule is Brc1cccc2sccc12.C.C.C.C.Nc1ccc(F)c(Cl)c1.O=C(Nc1ccc(F)c(Cl)c1)c1cccc2c1C=CS2(=O)=O.O=C(Nc1ccc(F)c(Cl)c1)c1cccc2c1CCS2(=O)=O.O=C(Nc1ccc(F)c(Cl)c1)c1cccc2sccc12. The molecule has 456 valence electrons. The lowest BCUT2D eigenvalue weighted by molar-refractivity contribution is 0.101. The van der Waals surface area contributed by atoms with Crippen LogP contribution >= 0.6 is 85.0 Å². The number of carbonyl (C=O) groups excluding carboxylic acids is 3. The molecule has 87 heavy (non-hydrogen) atoms. The van der Waals surface area contributed by atoms with Crippen molar-refractivity contribution in [1.82, 2.24) is 0 Å². The van der Waals surface area contributed by atoms with E-state index in [2.05, 4.69) is 61.5 Å². The first-order chi connectivity index (χ1) is 39.5. The zero-order valence-corrected chi connectivity index (χ0v) is 50.1. The van der Waals surface area contributed by atoms with Crippen LogP contribution in [0.2, 0.25) is 20.1 Å². The number of amides is 3. The zero-order valence-electron chi connectivity index (χ0n) is 42.2. The Bertz CT molecular complexity index is 4410. The maximum absolute atomic E-state index is 13.1. The number of anilines is 4. The Hall–Kier alpha value is -7.11. The first-order valence-corrected chi connectivity index (χ1v) is 31.2. The Morgan fingerprint density at radius 3 is 1.40 bits per heavy atom. The average molecular weight is 1410 g/mol. The van der Waals surface area contributed by atoms with E-state index in [1.54, 1.807) is 34.8 Å². The number of rotatable bonds is 6. The maximum Gasteiger partial charge on any atom is 0.256 e. The van der Waals surface area contributed by atoms with E-state index in [4.69, 9.17) is 52.1 Å². The van der Waals surface area contributed by atoms with Gasteiger partial charge in [0.1, 0.15) is 23.3 Å². The van der Waals surface area contributed by atoms with Crippen LogP contribution in [0.15, 0.2) is 188 Å². The summed E-state index contributed by atoms with van der Waals surface area (Å²) < 4.78 is 103. The highest BCUT2D eigenvalue weighted by Crippen LogP contribution is 2.33. The van der Waals surface area contributed by atoms with Crippen LogP contribution in [-0.4, -0.2) is 40.3 Å². The summed E-state index contributed by atoms with van der Waals surface area (Å²) in [7, 11) is -6.78. The van der Waals surface area contributed by atoms with Gasteiger partial charge in [-0.3, -0.25) is 14.4 Å². The third kappa shape index (κ3) is 18.0. The van der Waals surface area contributed by atoms with Gasteiger partial charge < -0.3 is 21.7 Å². The lowest BCUT2D eigenvalue weighted by Gasteiger charge is -2.09. The largest absolute Gasteiger partial charge is 0.399 e. The van der Waals surface area contributed by atoms with Crippen LogP contribution in [0.5, 0.6) is 0 Å². The van der Waals surface area contributed by atoms with Gasteiger partial charge in [0.05, 0.1) is 35.6 Å². The summed E-state index contributed by atoms with van der Waals surface area (Å²) in [6.45, 7) is 0. The van der Waals surface area contributed by atoms with Crippen molar-refractivity contribution in [2.24, 2.45) is 0 Å². The summed E-state index contributed by atoms with van der Waals surface area (Å²) in [5, 5.41) is 15.0. The molecule has 0 bridgehead atoms. The number of hydrogen-bond acceptors (Lipinski definition) is 10. The molecule has 12 rings (SSSR count). The van der Waals surface area contributed by atoms with Gasteiger partial charge in [-0.05, 0) is 162 Å². The third-order valence-electron chi connectivity index (χ3n) is 12.0. The second-order valence-electron chi connectivity index (χ2n) is 17.5. The molecule has 2 aliphatic rings. The molecule has 10 aromatic rings. The van der Waals surface area contributed by atoms with Crippen LogP contribution in [0.3, 0.4) is 0 Å². The molecule has 0 radical (unpaired) electrons. The van der Waals surface area contributed by atoms with Crippen LogP contribution in [0, 0.1) is 23.3 Å². The molecular weight excluding hydrogens is 1350 g/mol. The van der Waals surface area contributed by atoms with Gasteiger partial charge in [-0.15, -0.1) is 22.7 Å². The molecule has 0 unspecified atom stereocenters. The summed E-state index contributed by atoms with van der Waals surface area (Å²) in [4.78, 5) is 37.2. The summed E-state index contributed by atoms with van der Waals surface area (Å²) >= 11 is 29.2. The van der Waals surface area contributed by atoms with Crippen LogP contribution in [0.1, 0.15) is 71.9 Å². The molecule has 0 atom stereocenters. The Morgan fingerprint density at radius 1 is 0.494 bits per heavy atom. The van der Waals surface area contributed by atoms with E-state index >= 15 is 0 Å². The monoisotopic (exact) mass is 1400 g/mol. The zero-order chi connectivity index (χ0) is 59.8. The summed E-state index contributed by atoms with van der Waals surface area (Å²) in [5.74, 6) is -3.29. The van der Waals surface area contributed by atoms with Crippen molar-refractivity contribution >= 4 is 171 Å². The van der Waals surface area contributed by atoms with E-state index in [1.165, 1.54) is 112 Å². The number of benzene rings is 8. The number of halogens is 9. The maximum atomic E-state index is 13.1. The second-order valence-corrected chi connectivity index (χ2v) is 25.8. The predicted molar refractivity (Wildman–Crippen MR) is 357 cm³/mol. The van der Waals surface area contributed by atoms with Crippen molar-refractivity contribution in [3.05, 3.63) is 250 Å². The number of sulfone groups is 2. The summed E-state index contributed by atoms with van der Waals surface area (Å²) in [6.07, 6.45) is 1.70. The standard InChI is InChI=1S/C15H11ClFNO3S.C15H9ClFNO3S.C15H9ClFNOS.C8H5BrS.C6H5ClFN.4CH4/c2*16-12-8-9(4-5-13(12)17)18-15(19)11-2-1-3-14-10(11)6-7-22(14,20)21;16-12-8-9(4-5-13(12)17)18-15(19)11-2-1-3-14-10(11)6-7-20-14;9-7-2-1-3-8-6(7)4-5-10-8;7-5-3-4(9)1-2-6(5)8;;;;/h1-5,8H,6-7H2,(H,18,19);1-8H,(H,18,19);1-8H,(H,18,19);1-5H;1-3H,9H2;4*1H4. The first-order valence-electron chi connectivity index (χ1n) is 24.0. The minimum Gasteiger partial charge on any atom is -0.399 e. The van der Waals surface area contributed by atoms with Gasteiger partial charge in [0.2, 0.25) is 0 Å². The molecule has 0 fully saturated rings. The van der Waals surface area contributed by atoms with Gasteiger partial charge in [0.25, 0.3) is 17.7 Å². The van der Waals surface area contributed by atoms with Crippen LogP contribution in [0.4, 0.5) is 40.3 Å². The molecule has 24 heteroatoms. The molecule has 11 nitrogen and oxygen atoms in total. The van der Waals surface area contributed by atoms with Crippen LogP contribution < -0.4 is 21.7 Å². The van der Waals surface area contributed by atoms with Gasteiger partial charge >= 0.3 is 0 Å². The number of thiophene rings is 2. The van der Waals surface area contributed by atoms with Crippen molar-refractivity contribution in [3.63, 3.8) is 0 Å². The minimum atomic E-state index is -3.48. The summed E-state index contributed by atoms with van der Waals surface area (Å²) in [6, 6.07) is 40.7. The molecule has 5 N–H and O–H groups in total. The number of nitrogens with one attached hydrogen (secondary N) is 3. The van der Waals surface area contributed by atoms with Crippen molar-refractivity contribution in [3.8, 4) is 0 Å². The smallest absolute Gasteiger partial charge is 0.256 e. The first kappa shape index (κ1) is 72.4. The average Bonchev–Trinajstić information content (AvgIpc) is 1.82. The van der Waals surface area contributed by atoms with E-state index in [1.807, 2.05) is 23.6 Å². The van der Waals surface area contributed by atoms with Crippen LogP contribution in [-0.2, 0) is 26.1 Å². The van der Waals surface area contributed by atoms with E-state index in [-0.39, 0.29) is 76.8 Å². The van der Waals surface area contributed by atoms with Crippen molar-refractivity contribution < 1.29 is 48.8 Å². The fraction of sp³-hybridized carbons (Fsp3) is 0.0952. The highest BCUT2D eigenvalue weighted by molar-refractivity contribution is 9.10. The molecule has 0 spiro atoms. The number of carbonyl (C=O) groups is 3. The van der Waals surface area contributed by atoms with Gasteiger partial charge in [-0.2, -0.15) is 0 Å². The highest BCUT2D eigenvalue weighted by Gasteiger charge is 2.30. The number of nitrogens with two attached hydrogens (primary N) is 1. The number of nitrogen functional groups attached to an aromatic ring is 1. The lowest BCUT2D eigenvalue weighted by Crippen LogP contribution is -2.14. The van der Waals surface area contributed by atoms with E-state index in [0.29, 0.717) is 51.4 Å². The highest BCUT2D eigenvalue weighted by atomic mass is 79.9. The number of hydrogen-bond donors (Lipinski definition) is 4. The topological polar surface area (TPSA) is 182 Å². The van der Waals surface area contributed by atoms with Crippen molar-refractivity contribution in [2.45, 2.75) is 45.9 Å². The van der Waals surface area contributed by atoms with Gasteiger partial charge in [-0.25, -0.2) is 34.4 Å². The molecular formula is C63H55BrCl4F4N4O7S4.